The van der Waals surface area contributed by atoms with Gasteiger partial charge in [0, 0.05) is 28.5 Å². The number of aryl methyl sites for hydroxylation is 1. The molecule has 0 spiro atoms. The molecule has 1 N–H and O–H groups in total. The molecule has 2 heterocycles. The van der Waals surface area contributed by atoms with E-state index in [0.717, 1.165) is 28.0 Å². The summed E-state index contributed by atoms with van der Waals surface area (Å²) in [6.45, 7) is 5.22. The highest BCUT2D eigenvalue weighted by molar-refractivity contribution is 8.01. The third-order valence-electron chi connectivity index (χ3n) is 3.50. The lowest BCUT2D eigenvalue weighted by atomic mass is 10.2. The number of carbonyl (C=O) groups is 1. The van der Waals surface area contributed by atoms with Gasteiger partial charge >= 0.3 is 0 Å². The topological polar surface area (TPSA) is 59.8 Å². The zero-order valence-electron chi connectivity index (χ0n) is 14.2. The minimum absolute atomic E-state index is 0.0541. The van der Waals surface area contributed by atoms with E-state index in [9.17, 15) is 4.79 Å². The number of hydrogen-bond acceptors (Lipinski definition) is 6. The Labute approximate surface area is 159 Å². The Kier molecular flexibility index (Phi) is 6.39. The van der Waals surface area contributed by atoms with Crippen LogP contribution in [0, 0.1) is 0 Å². The summed E-state index contributed by atoms with van der Waals surface area (Å²) < 4.78 is 3.14. The average Bonchev–Trinajstić information content (AvgIpc) is 3.19. The van der Waals surface area contributed by atoms with Crippen molar-refractivity contribution in [1.29, 1.82) is 0 Å². The Morgan fingerprint density at radius 2 is 2.08 bits per heavy atom. The molecule has 0 fully saturated rings. The first-order valence-corrected chi connectivity index (χ1v) is 11.0. The first-order valence-electron chi connectivity index (χ1n) is 8.18. The minimum Gasteiger partial charge on any atom is -0.346 e. The molecular weight excluding hydrogens is 372 g/mol. The van der Waals surface area contributed by atoms with Crippen LogP contribution < -0.4 is 5.32 Å². The smallest absolute Gasteiger partial charge is 0.236 e. The first-order chi connectivity index (χ1) is 12.2. The largest absolute Gasteiger partial charge is 0.346 e. The first kappa shape index (κ1) is 18.3. The van der Waals surface area contributed by atoms with E-state index in [4.69, 9.17) is 0 Å². The summed E-state index contributed by atoms with van der Waals surface area (Å²) >= 11 is 4.60. The molecule has 132 valence electrons. The quantitative estimate of drug-likeness (QED) is 0.443. The van der Waals surface area contributed by atoms with E-state index in [1.165, 1.54) is 22.2 Å². The molecule has 8 heteroatoms. The zero-order chi connectivity index (χ0) is 17.6. The summed E-state index contributed by atoms with van der Waals surface area (Å²) in [5, 5.41) is 12.7. The molecule has 5 nitrogen and oxygen atoms in total. The number of nitrogens with zero attached hydrogens (tertiary/aromatic N) is 3. The van der Waals surface area contributed by atoms with Gasteiger partial charge in [0.2, 0.25) is 11.0 Å². The van der Waals surface area contributed by atoms with E-state index in [0.29, 0.717) is 10.9 Å². The minimum atomic E-state index is -0.0541. The molecule has 0 aliphatic heterocycles. The SMILES string of the molecule is CCCn1cc(SCC(=O)Nc2nnc(SCC)s2)c2ccccc21. The fourth-order valence-electron chi connectivity index (χ4n) is 2.49. The molecule has 0 unspecified atom stereocenters. The number of aromatic nitrogens is 3. The Hall–Kier alpha value is -1.51. The van der Waals surface area contributed by atoms with Gasteiger partial charge in [0.25, 0.3) is 0 Å². The van der Waals surface area contributed by atoms with Crippen LogP contribution in [0.15, 0.2) is 39.7 Å². The Balaban J connectivity index is 1.64. The molecule has 25 heavy (non-hydrogen) atoms. The summed E-state index contributed by atoms with van der Waals surface area (Å²) in [4.78, 5) is 13.4. The molecule has 0 atom stereocenters. The van der Waals surface area contributed by atoms with Crippen molar-refractivity contribution in [3.05, 3.63) is 30.5 Å². The Bertz CT molecular complexity index is 859. The summed E-state index contributed by atoms with van der Waals surface area (Å²) in [5.41, 5.74) is 1.22. The van der Waals surface area contributed by atoms with Gasteiger partial charge in [-0.05, 0) is 18.2 Å². The maximum atomic E-state index is 12.2. The third-order valence-corrected chi connectivity index (χ3v) is 6.39. The van der Waals surface area contributed by atoms with Crippen molar-refractivity contribution in [3.63, 3.8) is 0 Å². The molecule has 0 bridgehead atoms. The van der Waals surface area contributed by atoms with Gasteiger partial charge in [-0.15, -0.1) is 22.0 Å². The second kappa shape index (κ2) is 8.73. The van der Waals surface area contributed by atoms with Crippen LogP contribution in [0.1, 0.15) is 20.3 Å². The van der Waals surface area contributed by atoms with Crippen molar-refractivity contribution in [2.75, 3.05) is 16.8 Å². The molecule has 2 aromatic heterocycles. The highest BCUT2D eigenvalue weighted by atomic mass is 32.2. The fraction of sp³-hybridized carbons (Fsp3) is 0.353. The summed E-state index contributed by atoms with van der Waals surface area (Å²) in [6.07, 6.45) is 3.23. The summed E-state index contributed by atoms with van der Waals surface area (Å²) in [6, 6.07) is 8.33. The lowest BCUT2D eigenvalue weighted by Crippen LogP contribution is -2.13. The van der Waals surface area contributed by atoms with Crippen LogP contribution in [0.3, 0.4) is 0 Å². The molecule has 0 aliphatic rings. The van der Waals surface area contributed by atoms with Crippen LogP contribution >= 0.6 is 34.9 Å². The number of carbonyl (C=O) groups excluding carboxylic acids is 1. The average molecular weight is 393 g/mol. The van der Waals surface area contributed by atoms with Crippen molar-refractivity contribution in [2.45, 2.75) is 36.0 Å². The van der Waals surface area contributed by atoms with Crippen LogP contribution in [0.5, 0.6) is 0 Å². The van der Waals surface area contributed by atoms with Gasteiger partial charge in [-0.3, -0.25) is 10.1 Å². The lowest BCUT2D eigenvalue weighted by molar-refractivity contribution is -0.113. The Morgan fingerprint density at radius 3 is 2.88 bits per heavy atom. The van der Waals surface area contributed by atoms with Gasteiger partial charge in [0.15, 0.2) is 4.34 Å². The Morgan fingerprint density at radius 1 is 1.24 bits per heavy atom. The van der Waals surface area contributed by atoms with Gasteiger partial charge in [0.05, 0.1) is 5.75 Å². The number of thioether (sulfide) groups is 2. The number of anilines is 1. The molecule has 0 saturated carbocycles. The maximum absolute atomic E-state index is 12.2. The van der Waals surface area contributed by atoms with Crippen LogP contribution in [0.2, 0.25) is 0 Å². The van der Waals surface area contributed by atoms with Crippen LogP contribution in [0.4, 0.5) is 5.13 Å². The number of fused-ring (bicyclic) bond motifs is 1. The summed E-state index contributed by atoms with van der Waals surface area (Å²) in [5.74, 6) is 1.25. The summed E-state index contributed by atoms with van der Waals surface area (Å²) in [7, 11) is 0. The number of nitrogens with one attached hydrogen (secondary N) is 1. The molecule has 1 aromatic carbocycles. The van der Waals surface area contributed by atoms with Crippen molar-refractivity contribution < 1.29 is 4.79 Å². The number of para-hydroxylation sites is 1. The molecule has 3 aromatic rings. The van der Waals surface area contributed by atoms with E-state index in [1.807, 2.05) is 6.07 Å². The highest BCUT2D eigenvalue weighted by Gasteiger charge is 2.12. The third kappa shape index (κ3) is 4.56. The van der Waals surface area contributed by atoms with Gasteiger partial charge in [-0.1, -0.05) is 55.1 Å². The standard InChI is InChI=1S/C17H20N4OS3/c1-3-9-21-10-14(12-7-5-6-8-13(12)21)24-11-15(22)18-16-19-20-17(25-16)23-4-2/h5-8,10H,3-4,9,11H2,1-2H3,(H,18,19,22). The van der Waals surface area contributed by atoms with Crippen molar-refractivity contribution in [3.8, 4) is 0 Å². The van der Waals surface area contributed by atoms with Crippen LogP contribution in [-0.2, 0) is 11.3 Å². The zero-order valence-corrected chi connectivity index (χ0v) is 16.6. The number of hydrogen-bond donors (Lipinski definition) is 1. The second-order valence-corrected chi connectivity index (χ2v) is 8.85. The normalized spacial score (nSPS) is 11.1. The fourth-order valence-corrected chi connectivity index (χ4v) is 5.05. The predicted molar refractivity (Wildman–Crippen MR) is 108 cm³/mol. The van der Waals surface area contributed by atoms with E-state index in [-0.39, 0.29) is 5.91 Å². The van der Waals surface area contributed by atoms with E-state index < -0.39 is 0 Å². The number of benzene rings is 1. The van der Waals surface area contributed by atoms with Crippen LogP contribution in [-0.4, -0.2) is 32.2 Å². The number of rotatable bonds is 8. The molecular formula is C17H20N4OS3. The van der Waals surface area contributed by atoms with E-state index in [1.54, 1.807) is 23.5 Å². The second-order valence-electron chi connectivity index (χ2n) is 5.35. The maximum Gasteiger partial charge on any atom is 0.236 e. The monoisotopic (exact) mass is 392 g/mol. The van der Waals surface area contributed by atoms with Gasteiger partial charge < -0.3 is 4.57 Å². The van der Waals surface area contributed by atoms with E-state index in [2.05, 4.69) is 58.3 Å². The lowest BCUT2D eigenvalue weighted by Gasteiger charge is -2.01. The van der Waals surface area contributed by atoms with Crippen molar-refractivity contribution in [1.82, 2.24) is 14.8 Å². The molecule has 1 amide bonds. The van der Waals surface area contributed by atoms with Crippen LogP contribution in [0.25, 0.3) is 10.9 Å². The van der Waals surface area contributed by atoms with Gasteiger partial charge in [0.1, 0.15) is 0 Å². The van der Waals surface area contributed by atoms with E-state index >= 15 is 0 Å². The molecule has 0 saturated heterocycles. The molecule has 0 radical (unpaired) electrons. The molecule has 3 rings (SSSR count). The van der Waals surface area contributed by atoms with Crippen molar-refractivity contribution >= 4 is 56.8 Å². The predicted octanol–water partition coefficient (Wildman–Crippen LogP) is 4.75. The number of amides is 1. The highest BCUT2D eigenvalue weighted by Crippen LogP contribution is 2.30. The van der Waals surface area contributed by atoms with Gasteiger partial charge in [-0.25, -0.2) is 0 Å². The molecule has 0 aliphatic carbocycles. The van der Waals surface area contributed by atoms with Crippen molar-refractivity contribution in [2.24, 2.45) is 0 Å². The van der Waals surface area contributed by atoms with Gasteiger partial charge in [-0.2, -0.15) is 0 Å².